The second-order valence-corrected chi connectivity index (χ2v) is 7.96. The largest absolute Gasteiger partial charge is 0.497 e. The van der Waals surface area contributed by atoms with E-state index in [1.54, 1.807) is 7.11 Å². The highest BCUT2D eigenvalue weighted by molar-refractivity contribution is 14.0. The Balaban J connectivity index is 0.00000341. The van der Waals surface area contributed by atoms with Crippen molar-refractivity contribution >= 4 is 29.9 Å². The number of halogens is 1. The van der Waals surface area contributed by atoms with Crippen molar-refractivity contribution < 1.29 is 14.2 Å². The number of benzene rings is 1. The lowest BCUT2D eigenvalue weighted by atomic mass is 10.0. The molecule has 31 heavy (non-hydrogen) atoms. The van der Waals surface area contributed by atoms with Crippen LogP contribution in [0.15, 0.2) is 29.3 Å². The molecule has 2 N–H and O–H groups in total. The lowest BCUT2D eigenvalue weighted by Crippen LogP contribution is -2.42. The molecule has 1 aromatic carbocycles. The van der Waals surface area contributed by atoms with Gasteiger partial charge in [0.1, 0.15) is 5.75 Å². The zero-order chi connectivity index (χ0) is 21.0. The van der Waals surface area contributed by atoms with E-state index < -0.39 is 0 Å². The number of methoxy groups -OCH3 is 1. The molecule has 7 nitrogen and oxygen atoms in total. The average Bonchev–Trinajstić information content (AvgIpc) is 3.62. The van der Waals surface area contributed by atoms with Crippen LogP contribution >= 0.6 is 24.0 Å². The fourth-order valence-electron chi connectivity index (χ4n) is 3.58. The smallest absolute Gasteiger partial charge is 0.191 e. The first-order chi connectivity index (χ1) is 14.8. The minimum absolute atomic E-state index is 0. The van der Waals surface area contributed by atoms with E-state index in [2.05, 4.69) is 34.6 Å². The Labute approximate surface area is 204 Å². The Morgan fingerprint density at radius 3 is 2.58 bits per heavy atom. The number of aliphatic imine (C=N–C) groups is 1. The van der Waals surface area contributed by atoms with Crippen LogP contribution in [0, 0.1) is 5.92 Å². The summed E-state index contributed by atoms with van der Waals surface area (Å²) in [6.45, 7) is 9.63. The van der Waals surface area contributed by atoms with Crippen molar-refractivity contribution in [2.24, 2.45) is 10.9 Å². The predicted molar refractivity (Wildman–Crippen MR) is 136 cm³/mol. The third-order valence-electron chi connectivity index (χ3n) is 5.56. The van der Waals surface area contributed by atoms with Gasteiger partial charge >= 0.3 is 0 Å². The van der Waals surface area contributed by atoms with Crippen LogP contribution in [0.25, 0.3) is 0 Å². The Hall–Kier alpha value is -1.10. The topological polar surface area (TPSA) is 67.4 Å². The third-order valence-corrected chi connectivity index (χ3v) is 5.56. The van der Waals surface area contributed by atoms with Gasteiger partial charge in [0.15, 0.2) is 5.96 Å². The molecule has 2 fully saturated rings. The molecule has 1 aliphatic carbocycles. The third kappa shape index (κ3) is 9.51. The number of hydrogen-bond acceptors (Lipinski definition) is 5. The van der Waals surface area contributed by atoms with Gasteiger partial charge in [0, 0.05) is 39.4 Å². The van der Waals surface area contributed by atoms with E-state index in [4.69, 9.17) is 19.2 Å². The molecule has 2 aliphatic rings. The number of nitrogens with zero attached hydrogens (tertiary/aromatic N) is 2. The normalized spacial score (nSPS) is 18.2. The van der Waals surface area contributed by atoms with Crippen molar-refractivity contribution in [3.05, 3.63) is 29.8 Å². The molecule has 0 amide bonds. The lowest BCUT2D eigenvalue weighted by molar-refractivity contribution is 0.0179. The van der Waals surface area contributed by atoms with Gasteiger partial charge in [-0.25, -0.2) is 0 Å². The fraction of sp³-hybridized carbons (Fsp3) is 0.696. The molecular formula is C23H39IN4O3. The molecule has 1 atom stereocenters. The highest BCUT2D eigenvalue weighted by Crippen LogP contribution is 2.28. The molecule has 1 saturated carbocycles. The Bertz CT molecular complexity index is 634. The number of morpholine rings is 1. The van der Waals surface area contributed by atoms with Gasteiger partial charge in [-0.2, -0.15) is 0 Å². The van der Waals surface area contributed by atoms with Gasteiger partial charge in [0.2, 0.25) is 0 Å². The molecule has 0 radical (unpaired) electrons. The van der Waals surface area contributed by atoms with Crippen molar-refractivity contribution in [1.29, 1.82) is 0 Å². The predicted octanol–water partition coefficient (Wildman–Crippen LogP) is 3.06. The van der Waals surface area contributed by atoms with Gasteiger partial charge in [-0.05, 0) is 49.8 Å². The maximum absolute atomic E-state index is 5.72. The van der Waals surface area contributed by atoms with Crippen molar-refractivity contribution in [3.8, 4) is 5.75 Å². The molecule has 3 rings (SSSR count). The van der Waals surface area contributed by atoms with E-state index >= 15 is 0 Å². The molecule has 0 spiro atoms. The Morgan fingerprint density at radius 2 is 1.94 bits per heavy atom. The molecule has 1 aromatic rings. The van der Waals surface area contributed by atoms with Gasteiger partial charge in [-0.1, -0.05) is 12.1 Å². The van der Waals surface area contributed by atoms with Crippen LogP contribution in [0.2, 0.25) is 0 Å². The maximum atomic E-state index is 5.72. The van der Waals surface area contributed by atoms with Crippen LogP contribution in [-0.4, -0.2) is 77.1 Å². The minimum Gasteiger partial charge on any atom is -0.497 e. The molecule has 1 heterocycles. The van der Waals surface area contributed by atoms with Gasteiger partial charge in [0.25, 0.3) is 0 Å². The average molecular weight is 546 g/mol. The molecule has 1 unspecified atom stereocenters. The summed E-state index contributed by atoms with van der Waals surface area (Å²) >= 11 is 0. The molecule has 1 saturated heterocycles. The first kappa shape index (κ1) is 26.2. The number of guanidine groups is 1. The van der Waals surface area contributed by atoms with E-state index in [0.717, 1.165) is 76.7 Å². The second-order valence-electron chi connectivity index (χ2n) is 7.96. The first-order valence-corrected chi connectivity index (χ1v) is 11.4. The summed E-state index contributed by atoms with van der Waals surface area (Å²) in [4.78, 5) is 7.37. The number of nitrogens with one attached hydrogen (secondary N) is 2. The standard InChI is InChI=1S/C23H38N4O3.HI/c1-3-24-23(25-11-4-14-30-18-19-5-6-19)26-17-22(27-12-15-29-16-13-27)20-7-9-21(28-2)10-8-20;/h7-10,19,22H,3-6,11-18H2,1-2H3,(H2,24,25,26);1H. The van der Waals surface area contributed by atoms with Crippen LogP contribution in [-0.2, 0) is 9.47 Å². The summed E-state index contributed by atoms with van der Waals surface area (Å²) in [5.41, 5.74) is 1.26. The Morgan fingerprint density at radius 1 is 1.19 bits per heavy atom. The summed E-state index contributed by atoms with van der Waals surface area (Å²) in [7, 11) is 1.70. The maximum Gasteiger partial charge on any atom is 0.191 e. The fourth-order valence-corrected chi connectivity index (χ4v) is 3.58. The van der Waals surface area contributed by atoms with E-state index in [9.17, 15) is 0 Å². The summed E-state index contributed by atoms with van der Waals surface area (Å²) in [5, 5.41) is 6.81. The van der Waals surface area contributed by atoms with Crippen LogP contribution < -0.4 is 15.4 Å². The highest BCUT2D eigenvalue weighted by Gasteiger charge is 2.23. The van der Waals surface area contributed by atoms with Crippen molar-refractivity contribution in [2.45, 2.75) is 32.2 Å². The quantitative estimate of drug-likeness (QED) is 0.182. The van der Waals surface area contributed by atoms with Gasteiger partial charge < -0.3 is 24.8 Å². The van der Waals surface area contributed by atoms with Crippen LogP contribution in [0.3, 0.4) is 0 Å². The lowest BCUT2D eigenvalue weighted by Gasteiger charge is -2.34. The minimum atomic E-state index is 0. The van der Waals surface area contributed by atoms with E-state index in [1.165, 1.54) is 18.4 Å². The highest BCUT2D eigenvalue weighted by atomic mass is 127. The monoisotopic (exact) mass is 546 g/mol. The van der Waals surface area contributed by atoms with Crippen molar-refractivity contribution in [3.63, 3.8) is 0 Å². The van der Waals surface area contributed by atoms with E-state index in [-0.39, 0.29) is 30.0 Å². The number of rotatable bonds is 12. The number of ether oxygens (including phenoxy) is 3. The summed E-state index contributed by atoms with van der Waals surface area (Å²) in [5.74, 6) is 2.57. The first-order valence-electron chi connectivity index (χ1n) is 11.4. The van der Waals surface area contributed by atoms with Crippen LogP contribution in [0.1, 0.15) is 37.8 Å². The molecular weight excluding hydrogens is 507 g/mol. The van der Waals surface area contributed by atoms with E-state index in [1.807, 2.05) is 12.1 Å². The number of hydrogen-bond donors (Lipinski definition) is 2. The molecule has 1 aliphatic heterocycles. The van der Waals surface area contributed by atoms with Gasteiger partial charge in [-0.3, -0.25) is 9.89 Å². The van der Waals surface area contributed by atoms with Crippen molar-refractivity contribution in [1.82, 2.24) is 15.5 Å². The zero-order valence-corrected chi connectivity index (χ0v) is 21.3. The molecule has 176 valence electrons. The van der Waals surface area contributed by atoms with Gasteiger partial charge in [0.05, 0.1) is 32.9 Å². The SMILES string of the molecule is CCNC(=NCC(c1ccc(OC)cc1)N1CCOCC1)NCCCOCC1CC1.I. The summed E-state index contributed by atoms with van der Waals surface area (Å²) in [6, 6.07) is 8.56. The van der Waals surface area contributed by atoms with Crippen molar-refractivity contribution in [2.75, 3.05) is 66.3 Å². The summed E-state index contributed by atoms with van der Waals surface area (Å²) < 4.78 is 16.6. The van der Waals surface area contributed by atoms with E-state index in [0.29, 0.717) is 6.54 Å². The molecule has 8 heteroatoms. The Kier molecular flexibility index (Phi) is 12.5. The molecule has 0 bridgehead atoms. The molecule has 0 aromatic heterocycles. The zero-order valence-electron chi connectivity index (χ0n) is 19.0. The van der Waals surface area contributed by atoms with Crippen LogP contribution in [0.5, 0.6) is 5.75 Å². The second kappa shape index (κ2) is 14.9. The van der Waals surface area contributed by atoms with Gasteiger partial charge in [-0.15, -0.1) is 24.0 Å². The van der Waals surface area contributed by atoms with Crippen LogP contribution in [0.4, 0.5) is 0 Å². The summed E-state index contributed by atoms with van der Waals surface area (Å²) in [6.07, 6.45) is 3.67.